The molecular formula is C18H20N4O3. The molecule has 0 unspecified atom stereocenters. The SMILES string of the molecule is C[C@H](NC(=O)CN1C(=O)N[C@](C)(c2cccc(C#N)c2)C1=O)C1CC1. The Morgan fingerprint density at radius 1 is 1.48 bits per heavy atom. The van der Waals surface area contributed by atoms with Gasteiger partial charge in [-0.15, -0.1) is 0 Å². The van der Waals surface area contributed by atoms with Crippen LogP contribution >= 0.6 is 0 Å². The highest BCUT2D eigenvalue weighted by molar-refractivity contribution is 6.09. The van der Waals surface area contributed by atoms with E-state index in [2.05, 4.69) is 10.6 Å². The number of urea groups is 1. The van der Waals surface area contributed by atoms with Crippen molar-refractivity contribution in [1.29, 1.82) is 5.26 Å². The van der Waals surface area contributed by atoms with E-state index in [1.54, 1.807) is 31.2 Å². The van der Waals surface area contributed by atoms with E-state index in [0.717, 1.165) is 17.7 Å². The van der Waals surface area contributed by atoms with Crippen molar-refractivity contribution in [2.75, 3.05) is 6.54 Å². The smallest absolute Gasteiger partial charge is 0.325 e. The van der Waals surface area contributed by atoms with Gasteiger partial charge >= 0.3 is 6.03 Å². The highest BCUT2D eigenvalue weighted by atomic mass is 16.2. The zero-order valence-corrected chi connectivity index (χ0v) is 14.2. The Hall–Kier alpha value is -2.88. The minimum atomic E-state index is -1.29. The van der Waals surface area contributed by atoms with Gasteiger partial charge in [-0.2, -0.15) is 5.26 Å². The molecule has 1 aromatic carbocycles. The van der Waals surface area contributed by atoms with Crippen LogP contribution in [0.25, 0.3) is 0 Å². The molecule has 0 bridgehead atoms. The van der Waals surface area contributed by atoms with Gasteiger partial charge in [0.2, 0.25) is 5.91 Å². The third-order valence-electron chi connectivity index (χ3n) is 4.86. The summed E-state index contributed by atoms with van der Waals surface area (Å²) in [7, 11) is 0. The van der Waals surface area contributed by atoms with Crippen LogP contribution in [0.3, 0.4) is 0 Å². The molecule has 4 amide bonds. The minimum Gasteiger partial charge on any atom is -0.352 e. The van der Waals surface area contributed by atoms with E-state index in [0.29, 0.717) is 17.0 Å². The normalized spacial score (nSPS) is 23.8. The minimum absolute atomic E-state index is 0.0481. The average molecular weight is 340 g/mol. The number of carbonyl (C=O) groups excluding carboxylic acids is 3. The Balaban J connectivity index is 1.74. The quantitative estimate of drug-likeness (QED) is 0.787. The van der Waals surface area contributed by atoms with Gasteiger partial charge in [0, 0.05) is 6.04 Å². The second-order valence-electron chi connectivity index (χ2n) is 6.83. The number of rotatable bonds is 5. The molecule has 0 aromatic heterocycles. The molecule has 2 fully saturated rings. The third-order valence-corrected chi connectivity index (χ3v) is 4.86. The average Bonchev–Trinajstić information content (AvgIpc) is 3.41. The lowest BCUT2D eigenvalue weighted by atomic mass is 9.91. The number of benzene rings is 1. The second-order valence-corrected chi connectivity index (χ2v) is 6.83. The lowest BCUT2D eigenvalue weighted by Crippen LogP contribution is -2.45. The predicted molar refractivity (Wildman–Crippen MR) is 89.1 cm³/mol. The van der Waals surface area contributed by atoms with Gasteiger partial charge in [0.15, 0.2) is 0 Å². The Kier molecular flexibility index (Phi) is 4.21. The largest absolute Gasteiger partial charge is 0.352 e. The number of imide groups is 1. The van der Waals surface area contributed by atoms with Gasteiger partial charge < -0.3 is 10.6 Å². The van der Waals surface area contributed by atoms with E-state index in [1.807, 2.05) is 13.0 Å². The van der Waals surface area contributed by atoms with E-state index < -0.39 is 17.5 Å². The van der Waals surface area contributed by atoms with Crippen molar-refractivity contribution in [2.24, 2.45) is 5.92 Å². The Morgan fingerprint density at radius 3 is 2.84 bits per heavy atom. The summed E-state index contributed by atoms with van der Waals surface area (Å²) in [5.74, 6) is -0.356. The van der Waals surface area contributed by atoms with Crippen LogP contribution in [0.2, 0.25) is 0 Å². The van der Waals surface area contributed by atoms with Crippen molar-refractivity contribution in [3.63, 3.8) is 0 Å². The first kappa shape index (κ1) is 17.0. The van der Waals surface area contributed by atoms with Gasteiger partial charge in [0.05, 0.1) is 11.6 Å². The van der Waals surface area contributed by atoms with Crippen molar-refractivity contribution in [1.82, 2.24) is 15.5 Å². The van der Waals surface area contributed by atoms with Crippen molar-refractivity contribution >= 4 is 17.8 Å². The number of hydrogen-bond donors (Lipinski definition) is 2. The first-order chi connectivity index (χ1) is 11.8. The maximum Gasteiger partial charge on any atom is 0.325 e. The van der Waals surface area contributed by atoms with Gasteiger partial charge in [-0.1, -0.05) is 12.1 Å². The summed E-state index contributed by atoms with van der Waals surface area (Å²) in [5.41, 5.74) is -0.374. The predicted octanol–water partition coefficient (Wildman–Crippen LogP) is 1.24. The summed E-state index contributed by atoms with van der Waals surface area (Å²) in [6.45, 7) is 3.20. The van der Waals surface area contributed by atoms with E-state index in [9.17, 15) is 14.4 Å². The zero-order chi connectivity index (χ0) is 18.2. The number of nitriles is 1. The van der Waals surface area contributed by atoms with Gasteiger partial charge in [-0.25, -0.2) is 4.79 Å². The lowest BCUT2D eigenvalue weighted by molar-refractivity contribution is -0.135. The van der Waals surface area contributed by atoms with Crippen molar-refractivity contribution in [3.8, 4) is 6.07 Å². The molecular weight excluding hydrogens is 320 g/mol. The Labute approximate surface area is 146 Å². The molecule has 0 radical (unpaired) electrons. The van der Waals surface area contributed by atoms with Gasteiger partial charge in [-0.3, -0.25) is 14.5 Å². The first-order valence-corrected chi connectivity index (χ1v) is 8.29. The number of carbonyl (C=O) groups is 3. The molecule has 1 saturated heterocycles. The molecule has 2 aliphatic rings. The van der Waals surface area contributed by atoms with Crippen molar-refractivity contribution in [2.45, 2.75) is 38.3 Å². The Morgan fingerprint density at radius 2 is 2.20 bits per heavy atom. The fourth-order valence-electron chi connectivity index (χ4n) is 3.09. The molecule has 1 aromatic rings. The molecule has 0 spiro atoms. The summed E-state index contributed by atoms with van der Waals surface area (Å²) in [6.07, 6.45) is 2.19. The standard InChI is InChI=1S/C18H20N4O3/c1-11(13-6-7-13)20-15(23)10-22-16(24)18(2,21-17(22)25)14-5-3-4-12(8-14)9-19/h3-5,8,11,13H,6-7,10H2,1-2H3,(H,20,23)(H,21,25)/t11-,18+/m0/s1. The van der Waals surface area contributed by atoms with Crippen LogP contribution in [0, 0.1) is 17.2 Å². The molecule has 7 nitrogen and oxygen atoms in total. The number of nitrogens with one attached hydrogen (secondary N) is 2. The molecule has 3 rings (SSSR count). The maximum atomic E-state index is 12.8. The van der Waals surface area contributed by atoms with Crippen LogP contribution in [0.1, 0.15) is 37.8 Å². The van der Waals surface area contributed by atoms with Gasteiger partial charge in [-0.05, 0) is 50.3 Å². The molecule has 1 aliphatic heterocycles. The van der Waals surface area contributed by atoms with E-state index in [-0.39, 0.29) is 18.5 Å². The summed E-state index contributed by atoms with van der Waals surface area (Å²) in [4.78, 5) is 38.1. The number of nitrogens with zero attached hydrogens (tertiary/aromatic N) is 2. The van der Waals surface area contributed by atoms with Crippen LogP contribution in [-0.4, -0.2) is 35.3 Å². The Bertz CT molecular complexity index is 781. The maximum absolute atomic E-state index is 12.8. The fraction of sp³-hybridized carbons (Fsp3) is 0.444. The summed E-state index contributed by atoms with van der Waals surface area (Å²) < 4.78 is 0. The van der Waals surface area contributed by atoms with Crippen LogP contribution in [0.4, 0.5) is 4.79 Å². The summed E-state index contributed by atoms with van der Waals surface area (Å²) in [5, 5.41) is 14.5. The number of hydrogen-bond acceptors (Lipinski definition) is 4. The molecule has 130 valence electrons. The lowest BCUT2D eigenvalue weighted by Gasteiger charge is -2.22. The van der Waals surface area contributed by atoms with Crippen LogP contribution in [0.15, 0.2) is 24.3 Å². The van der Waals surface area contributed by atoms with Crippen molar-refractivity contribution in [3.05, 3.63) is 35.4 Å². The zero-order valence-electron chi connectivity index (χ0n) is 14.2. The van der Waals surface area contributed by atoms with E-state index in [4.69, 9.17) is 5.26 Å². The third kappa shape index (κ3) is 3.20. The molecule has 2 atom stereocenters. The van der Waals surface area contributed by atoms with Crippen LogP contribution < -0.4 is 10.6 Å². The topological polar surface area (TPSA) is 102 Å². The molecule has 2 N–H and O–H groups in total. The molecule has 25 heavy (non-hydrogen) atoms. The second kappa shape index (κ2) is 6.20. The van der Waals surface area contributed by atoms with E-state index >= 15 is 0 Å². The van der Waals surface area contributed by atoms with Crippen LogP contribution in [-0.2, 0) is 15.1 Å². The highest BCUT2D eigenvalue weighted by Gasteiger charge is 2.49. The number of amides is 4. The van der Waals surface area contributed by atoms with Crippen molar-refractivity contribution < 1.29 is 14.4 Å². The highest BCUT2D eigenvalue weighted by Crippen LogP contribution is 2.32. The van der Waals surface area contributed by atoms with Gasteiger partial charge in [0.1, 0.15) is 12.1 Å². The van der Waals surface area contributed by atoms with Crippen LogP contribution in [0.5, 0.6) is 0 Å². The molecule has 1 aliphatic carbocycles. The first-order valence-electron chi connectivity index (χ1n) is 8.29. The fourth-order valence-corrected chi connectivity index (χ4v) is 3.09. The summed E-state index contributed by atoms with van der Waals surface area (Å²) >= 11 is 0. The molecule has 1 saturated carbocycles. The van der Waals surface area contributed by atoms with Gasteiger partial charge in [0.25, 0.3) is 5.91 Å². The molecule has 1 heterocycles. The van der Waals surface area contributed by atoms with E-state index in [1.165, 1.54) is 0 Å². The summed E-state index contributed by atoms with van der Waals surface area (Å²) in [6, 6.07) is 7.98. The monoisotopic (exact) mass is 340 g/mol. The molecule has 7 heteroatoms.